The highest BCUT2D eigenvalue weighted by molar-refractivity contribution is 9.10. The Balaban J connectivity index is 2.07. The zero-order valence-corrected chi connectivity index (χ0v) is 16.0. The third-order valence-corrected chi connectivity index (χ3v) is 4.88. The van der Waals surface area contributed by atoms with Crippen LogP contribution in [0.3, 0.4) is 0 Å². The van der Waals surface area contributed by atoms with E-state index < -0.39 is 0 Å². The van der Waals surface area contributed by atoms with Crippen LogP contribution in [0.5, 0.6) is 5.75 Å². The van der Waals surface area contributed by atoms with Gasteiger partial charge in [-0.2, -0.15) is 5.10 Å². The fourth-order valence-electron chi connectivity index (χ4n) is 2.66. The highest BCUT2D eigenvalue weighted by Crippen LogP contribution is 2.35. The van der Waals surface area contributed by atoms with Gasteiger partial charge in [0.2, 0.25) is 0 Å². The number of rotatable bonds is 5. The molecule has 6 heteroatoms. The van der Waals surface area contributed by atoms with Crippen molar-refractivity contribution >= 4 is 26.7 Å². The van der Waals surface area contributed by atoms with Crippen LogP contribution in [0.1, 0.15) is 26.0 Å². The van der Waals surface area contributed by atoms with Crippen LogP contribution >= 0.6 is 15.9 Å². The maximum absolute atomic E-state index is 10.3. The number of methoxy groups -OCH3 is 1. The van der Waals surface area contributed by atoms with Gasteiger partial charge in [0.05, 0.1) is 11.3 Å². The largest absolute Gasteiger partial charge is 0.507 e. The topological polar surface area (TPSA) is 68.1 Å². The van der Waals surface area contributed by atoms with E-state index in [9.17, 15) is 5.11 Å². The van der Waals surface area contributed by atoms with E-state index in [0.29, 0.717) is 11.3 Å². The lowest BCUT2D eigenvalue weighted by atomic mass is 9.98. The summed E-state index contributed by atoms with van der Waals surface area (Å²) in [7, 11) is 1.71. The number of nitrogens with zero attached hydrogens (tertiary/aromatic N) is 3. The van der Waals surface area contributed by atoms with Crippen molar-refractivity contribution in [1.82, 2.24) is 15.2 Å². The number of hydrogen-bond acceptors (Lipinski definition) is 5. The van der Waals surface area contributed by atoms with Gasteiger partial charge in [-0.3, -0.25) is 4.98 Å². The Labute approximate surface area is 155 Å². The van der Waals surface area contributed by atoms with Crippen molar-refractivity contribution in [1.29, 1.82) is 0 Å². The van der Waals surface area contributed by atoms with E-state index in [4.69, 9.17) is 4.74 Å². The van der Waals surface area contributed by atoms with E-state index in [-0.39, 0.29) is 11.4 Å². The lowest BCUT2D eigenvalue weighted by molar-refractivity contribution is 0.0156. The molecule has 0 aliphatic rings. The average molecular weight is 402 g/mol. The van der Waals surface area contributed by atoms with Crippen molar-refractivity contribution in [3.63, 3.8) is 0 Å². The Morgan fingerprint density at radius 1 is 1.16 bits per heavy atom. The van der Waals surface area contributed by atoms with Gasteiger partial charge in [-0.1, -0.05) is 15.9 Å². The Bertz CT molecular complexity index is 912. The normalized spacial score (nSPS) is 11.8. The van der Waals surface area contributed by atoms with Crippen molar-refractivity contribution in [3.8, 4) is 17.0 Å². The molecule has 0 bridgehead atoms. The zero-order chi connectivity index (χ0) is 18.0. The molecular weight excluding hydrogens is 382 g/mol. The molecule has 1 N–H and O–H groups in total. The van der Waals surface area contributed by atoms with E-state index in [0.717, 1.165) is 33.8 Å². The number of aromatic hydroxyl groups is 1. The molecule has 0 unspecified atom stereocenters. The van der Waals surface area contributed by atoms with Crippen LogP contribution in [0.4, 0.5) is 0 Å². The molecule has 2 heterocycles. The molecule has 130 valence electrons. The summed E-state index contributed by atoms with van der Waals surface area (Å²) in [6.45, 7) is 4.10. The quantitative estimate of drug-likeness (QED) is 0.680. The molecule has 0 atom stereocenters. The number of fused-ring (bicyclic) bond motifs is 1. The fraction of sp³-hybridized carbons (Fsp3) is 0.316. The predicted octanol–water partition coefficient (Wildman–Crippen LogP) is 4.52. The molecule has 0 saturated heterocycles. The molecule has 0 saturated carbocycles. The van der Waals surface area contributed by atoms with Crippen LogP contribution in [0.2, 0.25) is 0 Å². The summed E-state index contributed by atoms with van der Waals surface area (Å²) >= 11 is 3.36. The van der Waals surface area contributed by atoms with Gasteiger partial charge < -0.3 is 9.84 Å². The number of aryl methyl sites for hydroxylation is 1. The molecule has 25 heavy (non-hydrogen) atoms. The molecular formula is C19H20BrN3O2. The van der Waals surface area contributed by atoms with E-state index >= 15 is 0 Å². The van der Waals surface area contributed by atoms with Crippen LogP contribution in [-0.4, -0.2) is 33.0 Å². The van der Waals surface area contributed by atoms with Gasteiger partial charge >= 0.3 is 0 Å². The summed E-state index contributed by atoms with van der Waals surface area (Å²) in [6.07, 6.45) is 5.10. The molecule has 0 aliphatic heterocycles. The van der Waals surface area contributed by atoms with E-state index in [1.54, 1.807) is 25.6 Å². The number of aromatic nitrogens is 3. The second kappa shape index (κ2) is 7.06. The third kappa shape index (κ3) is 3.80. The van der Waals surface area contributed by atoms with E-state index in [1.807, 2.05) is 18.2 Å². The Morgan fingerprint density at radius 3 is 2.68 bits per heavy atom. The summed E-state index contributed by atoms with van der Waals surface area (Å²) in [5, 5.41) is 21.0. The second-order valence-electron chi connectivity index (χ2n) is 6.54. The molecule has 0 fully saturated rings. The van der Waals surface area contributed by atoms with Crippen LogP contribution in [0.15, 0.2) is 41.1 Å². The first-order chi connectivity index (χ1) is 11.9. The number of phenols is 1. The summed E-state index contributed by atoms with van der Waals surface area (Å²) in [5.41, 5.74) is 1.96. The minimum Gasteiger partial charge on any atom is -0.507 e. The molecule has 3 rings (SSSR count). The minimum absolute atomic E-state index is 0.162. The van der Waals surface area contributed by atoms with Crippen LogP contribution in [-0.2, 0) is 11.2 Å². The molecule has 1 aromatic carbocycles. The number of pyridine rings is 1. The van der Waals surface area contributed by atoms with Gasteiger partial charge in [0, 0.05) is 40.3 Å². The van der Waals surface area contributed by atoms with Gasteiger partial charge in [-0.05, 0) is 51.0 Å². The number of benzene rings is 1. The van der Waals surface area contributed by atoms with Gasteiger partial charge in [0.25, 0.3) is 0 Å². The molecule has 0 radical (unpaired) electrons. The van der Waals surface area contributed by atoms with E-state index in [1.165, 1.54) is 0 Å². The van der Waals surface area contributed by atoms with Gasteiger partial charge in [0.15, 0.2) is 0 Å². The lowest BCUT2D eigenvalue weighted by Gasteiger charge is -2.22. The first-order valence-corrected chi connectivity index (χ1v) is 8.84. The summed E-state index contributed by atoms with van der Waals surface area (Å²) < 4.78 is 6.30. The highest BCUT2D eigenvalue weighted by Gasteiger charge is 2.19. The molecule has 3 aromatic rings. The van der Waals surface area contributed by atoms with E-state index in [2.05, 4.69) is 45.0 Å². The molecule has 2 aromatic heterocycles. The first kappa shape index (κ1) is 17.8. The molecule has 0 aliphatic carbocycles. The monoisotopic (exact) mass is 401 g/mol. The van der Waals surface area contributed by atoms with Crippen LogP contribution in [0, 0.1) is 0 Å². The van der Waals surface area contributed by atoms with Crippen molar-refractivity contribution < 1.29 is 9.84 Å². The number of phenolic OH excluding ortho intramolecular Hbond substituents is 1. The Morgan fingerprint density at radius 2 is 1.96 bits per heavy atom. The predicted molar refractivity (Wildman–Crippen MR) is 102 cm³/mol. The molecule has 0 amide bonds. The molecule has 0 spiro atoms. The average Bonchev–Trinajstić information content (AvgIpc) is 2.60. The summed E-state index contributed by atoms with van der Waals surface area (Å²) in [4.78, 5) is 4.24. The van der Waals surface area contributed by atoms with Crippen molar-refractivity contribution in [2.24, 2.45) is 0 Å². The highest BCUT2D eigenvalue weighted by atomic mass is 79.9. The zero-order valence-electron chi connectivity index (χ0n) is 14.5. The SMILES string of the molecule is COC(C)(C)CCc1nnc(-c2ccc(Br)cc2O)c2ccncc12. The summed E-state index contributed by atoms with van der Waals surface area (Å²) in [6, 6.07) is 7.26. The molecule has 5 nitrogen and oxygen atoms in total. The maximum Gasteiger partial charge on any atom is 0.126 e. The maximum atomic E-state index is 10.3. The number of halogens is 1. The third-order valence-electron chi connectivity index (χ3n) is 4.39. The van der Waals surface area contributed by atoms with Gasteiger partial charge in [-0.25, -0.2) is 0 Å². The van der Waals surface area contributed by atoms with Gasteiger partial charge in [-0.15, -0.1) is 5.10 Å². The van der Waals surface area contributed by atoms with Crippen LogP contribution in [0.25, 0.3) is 22.0 Å². The number of hydrogen-bond donors (Lipinski definition) is 1. The van der Waals surface area contributed by atoms with Crippen molar-refractivity contribution in [3.05, 3.63) is 46.8 Å². The van der Waals surface area contributed by atoms with Crippen molar-refractivity contribution in [2.75, 3.05) is 7.11 Å². The van der Waals surface area contributed by atoms with Crippen molar-refractivity contribution in [2.45, 2.75) is 32.3 Å². The lowest BCUT2D eigenvalue weighted by Crippen LogP contribution is -2.23. The summed E-state index contributed by atoms with van der Waals surface area (Å²) in [5.74, 6) is 0.162. The standard InChI is InChI=1S/C19H20BrN3O2/c1-19(2,25-3)8-6-16-15-11-21-9-7-13(15)18(23-22-16)14-5-4-12(20)10-17(14)24/h4-5,7,9-11,24H,6,8H2,1-3H3. The minimum atomic E-state index is -0.223. The second-order valence-corrected chi connectivity index (χ2v) is 7.46. The fourth-order valence-corrected chi connectivity index (χ4v) is 3.01. The van der Waals surface area contributed by atoms with Gasteiger partial charge in [0.1, 0.15) is 11.4 Å². The Hall–Kier alpha value is -2.05. The van der Waals surface area contributed by atoms with Crippen LogP contribution < -0.4 is 0 Å². The number of ether oxygens (including phenoxy) is 1. The first-order valence-electron chi connectivity index (χ1n) is 8.04. The smallest absolute Gasteiger partial charge is 0.126 e. The Kier molecular flexibility index (Phi) is 5.01.